The second-order valence-electron chi connectivity index (χ2n) is 6.92. The highest BCUT2D eigenvalue weighted by Gasteiger charge is 2.27. The number of ketones is 1. The Balaban J connectivity index is 1.92. The zero-order valence-corrected chi connectivity index (χ0v) is 15.9. The van der Waals surface area contributed by atoms with Crippen LogP contribution < -0.4 is 5.56 Å². The van der Waals surface area contributed by atoms with E-state index < -0.39 is 0 Å². The Morgan fingerprint density at radius 1 is 1.12 bits per heavy atom. The molecule has 1 amide bonds. The van der Waals surface area contributed by atoms with Gasteiger partial charge in [-0.2, -0.15) is 0 Å². The number of rotatable bonds is 2. The molecular weight excluding hydrogens is 332 g/mol. The molecule has 0 saturated heterocycles. The lowest BCUT2D eigenvalue weighted by Crippen LogP contribution is -2.34. The molecule has 0 atom stereocenters. The molecule has 3 rings (SSSR count). The quantitative estimate of drug-likeness (QED) is 0.826. The third kappa shape index (κ3) is 2.87. The molecule has 0 radical (unpaired) electrons. The summed E-state index contributed by atoms with van der Waals surface area (Å²) in [6, 6.07) is 0. The van der Waals surface area contributed by atoms with E-state index in [4.69, 9.17) is 0 Å². The van der Waals surface area contributed by atoms with Crippen molar-refractivity contribution in [3.05, 3.63) is 50.0 Å². The van der Waals surface area contributed by atoms with Gasteiger partial charge in [0.2, 0.25) is 0 Å². The topological polar surface area (TPSA) is 88.1 Å². The third-order valence-corrected chi connectivity index (χ3v) is 5.23. The number of fused-ring (bicyclic) bond motifs is 1. The van der Waals surface area contributed by atoms with Crippen LogP contribution in [0.4, 0.5) is 0 Å². The maximum atomic E-state index is 13.1. The fourth-order valence-corrected chi connectivity index (χ4v) is 3.65. The molecule has 1 aliphatic rings. The van der Waals surface area contributed by atoms with E-state index in [2.05, 4.69) is 9.97 Å². The summed E-state index contributed by atoms with van der Waals surface area (Å²) in [5.74, 6) is 0.484. The lowest BCUT2D eigenvalue weighted by Gasteiger charge is -2.20. The number of carbonyl (C=O) groups is 2. The molecule has 0 spiro atoms. The number of Topliss-reactive ketones (excluding diaryl/α,β-unsaturated/α-hetero) is 1. The van der Waals surface area contributed by atoms with E-state index in [1.807, 2.05) is 6.92 Å². The molecule has 1 aliphatic heterocycles. The second kappa shape index (κ2) is 6.55. The van der Waals surface area contributed by atoms with E-state index in [0.29, 0.717) is 59.8 Å². The van der Waals surface area contributed by atoms with E-state index in [9.17, 15) is 14.4 Å². The van der Waals surface area contributed by atoms with Gasteiger partial charge in [0.15, 0.2) is 5.78 Å². The minimum Gasteiger partial charge on any atom is -0.355 e. The van der Waals surface area contributed by atoms with Gasteiger partial charge in [0.1, 0.15) is 5.82 Å². The van der Waals surface area contributed by atoms with Crippen LogP contribution in [0.2, 0.25) is 0 Å². The molecule has 0 fully saturated rings. The summed E-state index contributed by atoms with van der Waals surface area (Å²) in [4.78, 5) is 46.6. The van der Waals surface area contributed by atoms with Crippen molar-refractivity contribution in [1.82, 2.24) is 19.4 Å². The Labute approximate surface area is 152 Å². The van der Waals surface area contributed by atoms with Crippen molar-refractivity contribution in [1.29, 1.82) is 0 Å². The summed E-state index contributed by atoms with van der Waals surface area (Å²) in [7, 11) is 1.72. The summed E-state index contributed by atoms with van der Waals surface area (Å²) in [5.41, 5.74) is 3.87. The van der Waals surface area contributed by atoms with Crippen LogP contribution in [0.25, 0.3) is 0 Å². The molecular formula is C19H24N4O3. The highest BCUT2D eigenvalue weighted by Crippen LogP contribution is 2.22. The van der Waals surface area contributed by atoms with Gasteiger partial charge in [0.05, 0.1) is 17.0 Å². The predicted molar refractivity (Wildman–Crippen MR) is 97.8 cm³/mol. The number of hydrogen-bond donors (Lipinski definition) is 1. The molecule has 3 heterocycles. The molecule has 2 aromatic heterocycles. The molecule has 26 heavy (non-hydrogen) atoms. The van der Waals surface area contributed by atoms with Crippen LogP contribution in [-0.2, 0) is 19.9 Å². The first-order chi connectivity index (χ1) is 12.2. The number of aromatic amines is 1. The van der Waals surface area contributed by atoms with Gasteiger partial charge in [-0.05, 0) is 32.8 Å². The van der Waals surface area contributed by atoms with Crippen molar-refractivity contribution in [3.63, 3.8) is 0 Å². The Morgan fingerprint density at radius 2 is 1.77 bits per heavy atom. The van der Waals surface area contributed by atoms with Crippen molar-refractivity contribution >= 4 is 11.7 Å². The van der Waals surface area contributed by atoms with Crippen LogP contribution in [0.3, 0.4) is 0 Å². The normalized spacial score (nSPS) is 14.1. The highest BCUT2D eigenvalue weighted by molar-refractivity contribution is 6.02. The lowest BCUT2D eigenvalue weighted by molar-refractivity contribution is 0.0761. The number of aromatic nitrogens is 3. The Hall–Kier alpha value is -2.70. The van der Waals surface area contributed by atoms with Gasteiger partial charge >= 0.3 is 0 Å². The fourth-order valence-electron chi connectivity index (χ4n) is 3.65. The minimum atomic E-state index is -0.106. The summed E-state index contributed by atoms with van der Waals surface area (Å²) < 4.78 is 1.55. The summed E-state index contributed by atoms with van der Waals surface area (Å²) in [5, 5.41) is 0. The number of hydrogen-bond acceptors (Lipinski definition) is 4. The van der Waals surface area contributed by atoms with E-state index in [0.717, 1.165) is 5.69 Å². The van der Waals surface area contributed by atoms with Crippen LogP contribution >= 0.6 is 0 Å². The SMILES string of the molecule is CC(=O)c1[nH]c(C)c(C(=O)N2CCc3nc(C)n(C)c(=O)c3CC2)c1C. The smallest absolute Gasteiger partial charge is 0.256 e. The van der Waals surface area contributed by atoms with Gasteiger partial charge in [-0.3, -0.25) is 19.0 Å². The first-order valence-electron chi connectivity index (χ1n) is 8.77. The molecule has 0 saturated carbocycles. The molecule has 7 nitrogen and oxygen atoms in total. The lowest BCUT2D eigenvalue weighted by atomic mass is 10.1. The molecule has 138 valence electrons. The molecule has 0 aromatic carbocycles. The molecule has 2 aromatic rings. The first-order valence-corrected chi connectivity index (χ1v) is 8.77. The molecule has 0 unspecified atom stereocenters. The number of nitrogens with one attached hydrogen (secondary N) is 1. The van der Waals surface area contributed by atoms with Gasteiger partial charge < -0.3 is 9.88 Å². The van der Waals surface area contributed by atoms with Crippen molar-refractivity contribution in [3.8, 4) is 0 Å². The monoisotopic (exact) mass is 356 g/mol. The fraction of sp³-hybridized carbons (Fsp3) is 0.474. The summed E-state index contributed by atoms with van der Waals surface area (Å²) in [6.07, 6.45) is 1.04. The minimum absolute atomic E-state index is 0.0327. The van der Waals surface area contributed by atoms with Crippen molar-refractivity contribution in [2.45, 2.75) is 40.5 Å². The number of nitrogens with zero attached hydrogens (tertiary/aromatic N) is 3. The maximum Gasteiger partial charge on any atom is 0.256 e. The summed E-state index contributed by atoms with van der Waals surface area (Å²) in [6.45, 7) is 7.86. The standard InChI is InChI=1S/C19H24N4O3/c1-10-16(11(2)20-17(10)12(3)24)19(26)23-8-6-14-15(7-9-23)21-13(4)22(5)18(14)25/h20H,6-9H2,1-5H3. The van der Waals surface area contributed by atoms with E-state index in [-0.39, 0.29) is 17.2 Å². The zero-order chi connectivity index (χ0) is 19.2. The van der Waals surface area contributed by atoms with Crippen LogP contribution in [0.1, 0.15) is 56.1 Å². The number of aryl methyl sites for hydroxylation is 2. The van der Waals surface area contributed by atoms with E-state index >= 15 is 0 Å². The maximum absolute atomic E-state index is 13.1. The Kier molecular flexibility index (Phi) is 4.56. The number of amides is 1. The van der Waals surface area contributed by atoms with Gasteiger partial charge in [-0.15, -0.1) is 0 Å². The number of H-pyrrole nitrogens is 1. The Morgan fingerprint density at radius 3 is 2.38 bits per heavy atom. The van der Waals surface area contributed by atoms with Crippen LogP contribution in [-0.4, -0.2) is 44.2 Å². The van der Waals surface area contributed by atoms with Crippen molar-refractivity contribution in [2.24, 2.45) is 7.05 Å². The Bertz CT molecular complexity index is 968. The van der Waals surface area contributed by atoms with Crippen LogP contribution in [0.15, 0.2) is 4.79 Å². The summed E-state index contributed by atoms with van der Waals surface area (Å²) >= 11 is 0. The molecule has 0 aliphatic carbocycles. The van der Waals surface area contributed by atoms with Gasteiger partial charge in [-0.25, -0.2) is 4.98 Å². The average molecular weight is 356 g/mol. The van der Waals surface area contributed by atoms with Crippen molar-refractivity contribution in [2.75, 3.05) is 13.1 Å². The zero-order valence-electron chi connectivity index (χ0n) is 15.9. The average Bonchev–Trinajstić information content (AvgIpc) is 2.75. The van der Waals surface area contributed by atoms with E-state index in [1.165, 1.54) is 6.92 Å². The molecule has 1 N–H and O–H groups in total. The first kappa shape index (κ1) is 18.1. The largest absolute Gasteiger partial charge is 0.355 e. The van der Waals surface area contributed by atoms with Crippen LogP contribution in [0.5, 0.6) is 0 Å². The number of carbonyl (C=O) groups excluding carboxylic acids is 2. The van der Waals surface area contributed by atoms with Crippen molar-refractivity contribution < 1.29 is 9.59 Å². The van der Waals surface area contributed by atoms with Gasteiger partial charge in [0.25, 0.3) is 11.5 Å². The molecule has 0 bridgehead atoms. The van der Waals surface area contributed by atoms with Gasteiger partial charge in [-0.1, -0.05) is 0 Å². The van der Waals surface area contributed by atoms with Crippen LogP contribution in [0, 0.1) is 20.8 Å². The third-order valence-electron chi connectivity index (χ3n) is 5.23. The van der Waals surface area contributed by atoms with Gasteiger partial charge in [0, 0.05) is 44.7 Å². The second-order valence-corrected chi connectivity index (χ2v) is 6.92. The van der Waals surface area contributed by atoms with E-state index in [1.54, 1.807) is 30.4 Å². The highest BCUT2D eigenvalue weighted by atomic mass is 16.2. The molecule has 7 heteroatoms. The predicted octanol–water partition coefficient (Wildman–Crippen LogP) is 1.48.